The fraction of sp³-hybridized carbons (Fsp3) is 0.0109. The molecule has 1 aliphatic rings. The molecule has 21 aromatic rings. The van der Waals surface area contributed by atoms with Crippen LogP contribution in [0.2, 0.25) is 0 Å². The van der Waals surface area contributed by atoms with Crippen molar-refractivity contribution in [1.82, 2.24) is 27.4 Å². The van der Waals surface area contributed by atoms with Crippen molar-refractivity contribution in [1.29, 1.82) is 5.26 Å². The van der Waals surface area contributed by atoms with Crippen molar-refractivity contribution in [2.75, 3.05) is 0 Å². The maximum absolute atomic E-state index is 13.5. The summed E-state index contributed by atoms with van der Waals surface area (Å²) >= 11 is 0. The lowest BCUT2D eigenvalue weighted by Gasteiger charge is -2.31. The van der Waals surface area contributed by atoms with E-state index in [0.29, 0.717) is 5.56 Å². The molecule has 15 aromatic carbocycles. The summed E-state index contributed by atoms with van der Waals surface area (Å²) in [5, 5.41) is 27.2. The van der Waals surface area contributed by atoms with Crippen molar-refractivity contribution in [3.63, 3.8) is 0 Å². The van der Waals surface area contributed by atoms with Crippen molar-refractivity contribution >= 4 is 131 Å². The van der Waals surface area contributed by atoms with Gasteiger partial charge in [0, 0.05) is 87.5 Å². The molecular weight excluding hydrogens is 1200 g/mol. The quantitative estimate of drug-likeness (QED) is 0.157. The van der Waals surface area contributed by atoms with Gasteiger partial charge in [-0.1, -0.05) is 231 Å². The summed E-state index contributed by atoms with van der Waals surface area (Å²) in [6.45, 7) is 0. The zero-order valence-electron chi connectivity index (χ0n) is 53.4. The van der Waals surface area contributed by atoms with Crippen molar-refractivity contribution in [3.05, 3.63) is 350 Å². The van der Waals surface area contributed by atoms with Gasteiger partial charge in [-0.15, -0.1) is 0 Å². The van der Waals surface area contributed by atoms with Gasteiger partial charge >= 0.3 is 0 Å². The molecule has 0 saturated carbocycles. The Labute approximate surface area is 567 Å². The largest absolute Gasteiger partial charge is 0.309 e. The van der Waals surface area contributed by atoms with E-state index in [1.165, 1.54) is 21.5 Å². The molecule has 6 aromatic heterocycles. The van der Waals surface area contributed by atoms with Crippen LogP contribution in [0.1, 0.15) is 28.2 Å². The number of para-hydroxylation sites is 10. The predicted molar refractivity (Wildman–Crippen MR) is 410 cm³/mol. The minimum Gasteiger partial charge on any atom is -0.309 e. The molecule has 22 rings (SSSR count). The lowest BCUT2D eigenvalue weighted by molar-refractivity contribution is 0.939. The Bertz CT molecular complexity index is 6890. The lowest BCUT2D eigenvalue weighted by atomic mass is 9.83. The summed E-state index contributed by atoms with van der Waals surface area (Å²) < 4.78 is 15.0. The summed E-state index contributed by atoms with van der Waals surface area (Å²) in [6.07, 6.45) is 0. The van der Waals surface area contributed by atoms with Crippen LogP contribution in [0.4, 0.5) is 0 Å². The van der Waals surface area contributed by atoms with Crippen LogP contribution < -0.4 is 0 Å². The van der Waals surface area contributed by atoms with E-state index in [2.05, 4.69) is 361 Å². The Hall–Kier alpha value is -13.4. The van der Waals surface area contributed by atoms with E-state index in [9.17, 15) is 5.26 Å². The zero-order chi connectivity index (χ0) is 64.7. The topological polar surface area (TPSA) is 53.4 Å². The van der Waals surface area contributed by atoms with Gasteiger partial charge in [0.2, 0.25) is 0 Å². The Morgan fingerprint density at radius 2 is 0.444 bits per heavy atom. The van der Waals surface area contributed by atoms with E-state index in [1.54, 1.807) is 0 Å². The molecule has 0 N–H and O–H groups in total. The maximum Gasteiger partial charge on any atom is 0.102 e. The Morgan fingerprint density at radius 3 is 0.758 bits per heavy atom. The molecule has 0 aliphatic heterocycles. The number of benzene rings is 15. The zero-order valence-corrected chi connectivity index (χ0v) is 53.4. The Kier molecular flexibility index (Phi) is 11.1. The van der Waals surface area contributed by atoms with E-state index in [1.807, 2.05) is 0 Å². The molecule has 1 aliphatic carbocycles. The molecule has 0 saturated heterocycles. The lowest BCUT2D eigenvalue weighted by Crippen LogP contribution is -2.20. The second kappa shape index (κ2) is 20.3. The summed E-state index contributed by atoms with van der Waals surface area (Å²) in [6, 6.07) is 124. The average Bonchev–Trinajstić information content (AvgIpc) is 1.57. The number of fused-ring (bicyclic) bond motifs is 21. The van der Waals surface area contributed by atoms with Crippen LogP contribution in [-0.4, -0.2) is 27.4 Å². The second-order valence-corrected chi connectivity index (χ2v) is 26.5. The van der Waals surface area contributed by atoms with Crippen LogP contribution in [0.25, 0.3) is 176 Å². The van der Waals surface area contributed by atoms with Gasteiger partial charge in [-0.25, -0.2) is 0 Å². The molecule has 0 bridgehead atoms. The summed E-state index contributed by atoms with van der Waals surface area (Å²) in [5.41, 5.74) is 24.4. The van der Waals surface area contributed by atoms with E-state index in [-0.39, 0.29) is 0 Å². The fourth-order valence-electron chi connectivity index (χ4n) is 17.9. The highest BCUT2D eigenvalue weighted by molar-refractivity contribution is 6.18. The highest BCUT2D eigenvalue weighted by atomic mass is 15.1. The van der Waals surface area contributed by atoms with Gasteiger partial charge in [0.1, 0.15) is 6.07 Å². The Balaban J connectivity index is 1.00. The van der Waals surface area contributed by atoms with Gasteiger partial charge in [-0.2, -0.15) is 5.26 Å². The van der Waals surface area contributed by atoms with Crippen LogP contribution in [0.15, 0.2) is 328 Å². The number of aromatic nitrogens is 6. The third-order valence-corrected chi connectivity index (χ3v) is 21.7. The average molecular weight is 1260 g/mol. The SMILES string of the molecule is N#Cc1c(C2c3ccccc3-c3ccccc32)c(-n2c3ccccc3c3cc(-n4c5ccccc5c5ccccc54)ccc32)c(-n2c3ccccc3c3ccccc32)c(-n2c3ccccc3c3cc(-n4c5ccccc5c5ccccc54)ccc32)c1-n1c2ccccc2c2ccccc21. The third kappa shape index (κ3) is 7.23. The molecule has 0 radical (unpaired) electrons. The van der Waals surface area contributed by atoms with E-state index in [0.717, 1.165) is 171 Å². The molecule has 0 spiro atoms. The first-order chi connectivity index (χ1) is 49.2. The molecule has 6 heterocycles. The molecule has 0 amide bonds. The van der Waals surface area contributed by atoms with Crippen LogP contribution in [0.3, 0.4) is 0 Å². The van der Waals surface area contributed by atoms with Gasteiger partial charge < -0.3 is 27.4 Å². The first-order valence-corrected chi connectivity index (χ1v) is 34.0. The molecular formula is C92H55N7. The Morgan fingerprint density at radius 1 is 0.212 bits per heavy atom. The molecule has 99 heavy (non-hydrogen) atoms. The maximum atomic E-state index is 13.5. The first-order valence-electron chi connectivity index (χ1n) is 34.0. The third-order valence-electron chi connectivity index (χ3n) is 21.7. The summed E-state index contributed by atoms with van der Waals surface area (Å²) in [4.78, 5) is 0. The molecule has 0 atom stereocenters. The molecule has 458 valence electrons. The minimum atomic E-state index is -0.435. The van der Waals surface area contributed by atoms with Crippen LogP contribution in [0, 0.1) is 11.3 Å². The van der Waals surface area contributed by atoms with Crippen LogP contribution in [-0.2, 0) is 0 Å². The number of nitriles is 1. The highest BCUT2D eigenvalue weighted by Crippen LogP contribution is 2.57. The standard InChI is InChI=1S/C92H55N7/c93-55-74-88(87-70-37-3-1-25-58(70)59-26-2-4-38-71(59)87)90(97-83-47-23-13-35-68(83)72-53-56(49-51-85(72)97)94-75-39-15-5-27-60(75)61-28-6-16-40-76(61)94)92(98-81-45-21-11-33-66(81)67-34-12-22-46-82(67)98)91(89(74)96-79-43-19-9-31-64(79)65-32-10-20-44-80(65)96)99-84-48-24-14-36-69(84)73-54-57(50-52-86(73)99)95-77-41-17-7-29-62(77)63-30-8-18-42-78(63)95/h1-54,87H. The number of nitrogens with zero attached hydrogens (tertiary/aromatic N) is 7. The van der Waals surface area contributed by atoms with Gasteiger partial charge in [-0.3, -0.25) is 0 Å². The van der Waals surface area contributed by atoms with Crippen LogP contribution in [0.5, 0.6) is 0 Å². The summed E-state index contributed by atoms with van der Waals surface area (Å²) in [7, 11) is 0. The van der Waals surface area contributed by atoms with Gasteiger partial charge in [0.05, 0.1) is 94.5 Å². The molecule has 7 nitrogen and oxygen atoms in total. The molecule has 7 heteroatoms. The molecule has 0 fully saturated rings. The normalized spacial score (nSPS) is 12.6. The summed E-state index contributed by atoms with van der Waals surface area (Å²) in [5.74, 6) is -0.435. The smallest absolute Gasteiger partial charge is 0.102 e. The van der Waals surface area contributed by atoms with Crippen LogP contribution >= 0.6 is 0 Å². The highest BCUT2D eigenvalue weighted by Gasteiger charge is 2.41. The van der Waals surface area contributed by atoms with E-state index in [4.69, 9.17) is 0 Å². The number of hydrogen-bond donors (Lipinski definition) is 0. The van der Waals surface area contributed by atoms with Gasteiger partial charge in [0.15, 0.2) is 0 Å². The van der Waals surface area contributed by atoms with Gasteiger partial charge in [0.25, 0.3) is 0 Å². The number of hydrogen-bond acceptors (Lipinski definition) is 1. The van der Waals surface area contributed by atoms with Crippen molar-refractivity contribution < 1.29 is 0 Å². The monoisotopic (exact) mass is 1260 g/mol. The van der Waals surface area contributed by atoms with Crippen molar-refractivity contribution in [3.8, 4) is 51.3 Å². The first kappa shape index (κ1) is 53.9. The minimum absolute atomic E-state index is 0.435. The van der Waals surface area contributed by atoms with E-state index >= 15 is 0 Å². The predicted octanol–water partition coefficient (Wildman–Crippen LogP) is 23.3. The molecule has 0 unspecified atom stereocenters. The second-order valence-electron chi connectivity index (χ2n) is 26.5. The van der Waals surface area contributed by atoms with Crippen molar-refractivity contribution in [2.24, 2.45) is 0 Å². The van der Waals surface area contributed by atoms with Crippen molar-refractivity contribution in [2.45, 2.75) is 5.92 Å². The number of rotatable bonds is 7. The van der Waals surface area contributed by atoms with E-state index < -0.39 is 5.92 Å². The fourth-order valence-corrected chi connectivity index (χ4v) is 17.9. The van der Waals surface area contributed by atoms with Gasteiger partial charge in [-0.05, 0) is 119 Å².